The molecule has 1 aromatic carbocycles. The fourth-order valence-corrected chi connectivity index (χ4v) is 2.12. The first-order valence-corrected chi connectivity index (χ1v) is 6.29. The van der Waals surface area contributed by atoms with Gasteiger partial charge >= 0.3 is 5.97 Å². The van der Waals surface area contributed by atoms with Crippen LogP contribution in [0.1, 0.15) is 10.4 Å². The van der Waals surface area contributed by atoms with Crippen molar-refractivity contribution in [1.82, 2.24) is 14.5 Å². The van der Waals surface area contributed by atoms with Gasteiger partial charge in [-0.25, -0.2) is 15.6 Å². The SMILES string of the molecule is NNc1ncc2c(=O)c(C(=O)O)cn(-c3ccccc3)c2n1. The van der Waals surface area contributed by atoms with E-state index >= 15 is 0 Å². The van der Waals surface area contributed by atoms with Gasteiger partial charge in [0.1, 0.15) is 5.56 Å². The molecule has 110 valence electrons. The average molecular weight is 297 g/mol. The summed E-state index contributed by atoms with van der Waals surface area (Å²) in [5.41, 5.74) is 2.24. The van der Waals surface area contributed by atoms with E-state index in [1.807, 2.05) is 6.07 Å². The summed E-state index contributed by atoms with van der Waals surface area (Å²) in [6.45, 7) is 0. The van der Waals surface area contributed by atoms with Crippen molar-refractivity contribution in [2.45, 2.75) is 0 Å². The maximum absolute atomic E-state index is 12.2. The number of hydrazine groups is 1. The van der Waals surface area contributed by atoms with Crippen molar-refractivity contribution in [2.24, 2.45) is 5.84 Å². The highest BCUT2D eigenvalue weighted by Crippen LogP contribution is 2.16. The highest BCUT2D eigenvalue weighted by atomic mass is 16.4. The number of benzene rings is 1. The van der Waals surface area contributed by atoms with Crippen molar-refractivity contribution in [3.05, 3.63) is 58.5 Å². The predicted molar refractivity (Wildman–Crippen MR) is 79.9 cm³/mol. The summed E-state index contributed by atoms with van der Waals surface area (Å²) in [4.78, 5) is 31.5. The van der Waals surface area contributed by atoms with Crippen LogP contribution in [0.15, 0.2) is 47.5 Å². The lowest BCUT2D eigenvalue weighted by Gasteiger charge is -2.12. The van der Waals surface area contributed by atoms with Crippen LogP contribution in [0.2, 0.25) is 0 Å². The van der Waals surface area contributed by atoms with Crippen LogP contribution in [0.25, 0.3) is 16.7 Å². The summed E-state index contributed by atoms with van der Waals surface area (Å²) in [6, 6.07) is 8.96. The Morgan fingerprint density at radius 1 is 1.27 bits per heavy atom. The Balaban J connectivity index is 2.45. The molecule has 0 aliphatic rings. The smallest absolute Gasteiger partial charge is 0.341 e. The third kappa shape index (κ3) is 2.17. The molecule has 0 atom stereocenters. The third-order valence-electron chi connectivity index (χ3n) is 3.14. The number of nitrogens with zero attached hydrogens (tertiary/aromatic N) is 3. The number of carboxylic acid groups (broad SMARTS) is 1. The molecular formula is C14H11N5O3. The van der Waals surface area contributed by atoms with Gasteiger partial charge in [-0.3, -0.25) is 10.2 Å². The molecule has 2 heterocycles. The number of carbonyl (C=O) groups is 1. The maximum Gasteiger partial charge on any atom is 0.341 e. The number of nitrogens with two attached hydrogens (primary N) is 1. The first-order chi connectivity index (χ1) is 10.6. The lowest BCUT2D eigenvalue weighted by molar-refractivity contribution is 0.0695. The van der Waals surface area contributed by atoms with Gasteiger partial charge in [-0.2, -0.15) is 4.98 Å². The zero-order valence-corrected chi connectivity index (χ0v) is 11.2. The summed E-state index contributed by atoms with van der Waals surface area (Å²) in [5, 5.41) is 9.31. The van der Waals surface area contributed by atoms with Gasteiger partial charge in [-0.1, -0.05) is 18.2 Å². The summed E-state index contributed by atoms with van der Waals surface area (Å²) in [6.07, 6.45) is 2.50. The zero-order chi connectivity index (χ0) is 15.7. The Morgan fingerprint density at radius 2 is 2.00 bits per heavy atom. The molecule has 0 saturated heterocycles. The van der Waals surface area contributed by atoms with Crippen LogP contribution in [0, 0.1) is 0 Å². The first kappa shape index (κ1) is 13.7. The van der Waals surface area contributed by atoms with Crippen LogP contribution >= 0.6 is 0 Å². The Hall–Kier alpha value is -3.26. The van der Waals surface area contributed by atoms with Crippen molar-refractivity contribution < 1.29 is 9.90 Å². The molecule has 2 aromatic heterocycles. The average Bonchev–Trinajstić information content (AvgIpc) is 2.55. The normalized spacial score (nSPS) is 10.6. The number of anilines is 1. The Labute approximate surface area is 123 Å². The molecule has 3 rings (SSSR count). The molecule has 0 fully saturated rings. The standard InChI is InChI=1S/C14H11N5O3/c15-18-14-16-6-9-11(20)10(13(21)22)7-19(12(9)17-14)8-4-2-1-3-5-8/h1-7H,15H2,(H,21,22)(H,16,17,18). The fraction of sp³-hybridized carbons (Fsp3) is 0. The molecule has 3 aromatic rings. The number of hydrogen-bond acceptors (Lipinski definition) is 6. The van der Waals surface area contributed by atoms with Crippen LogP contribution in [0.5, 0.6) is 0 Å². The van der Waals surface area contributed by atoms with Crippen LogP contribution in [-0.4, -0.2) is 25.6 Å². The van der Waals surface area contributed by atoms with Gasteiger partial charge in [0.2, 0.25) is 11.4 Å². The molecule has 0 saturated carbocycles. The van der Waals surface area contributed by atoms with Crippen molar-refractivity contribution >= 4 is 23.0 Å². The molecule has 0 radical (unpaired) electrons. The van der Waals surface area contributed by atoms with Gasteiger partial charge in [0.15, 0.2) is 5.65 Å². The number of hydrogen-bond donors (Lipinski definition) is 3. The fourth-order valence-electron chi connectivity index (χ4n) is 2.12. The Morgan fingerprint density at radius 3 is 2.64 bits per heavy atom. The summed E-state index contributed by atoms with van der Waals surface area (Å²) in [7, 11) is 0. The lowest BCUT2D eigenvalue weighted by Crippen LogP contribution is -2.20. The lowest BCUT2D eigenvalue weighted by atomic mass is 10.2. The first-order valence-electron chi connectivity index (χ1n) is 6.29. The van der Waals surface area contributed by atoms with E-state index in [0.29, 0.717) is 5.69 Å². The molecule has 0 unspecified atom stereocenters. The third-order valence-corrected chi connectivity index (χ3v) is 3.14. The number of nitrogens with one attached hydrogen (secondary N) is 1. The summed E-state index contributed by atoms with van der Waals surface area (Å²) < 4.78 is 1.52. The molecule has 0 aliphatic heterocycles. The predicted octanol–water partition coefficient (Wildman–Crippen LogP) is 0.764. The second-order valence-electron chi connectivity index (χ2n) is 4.46. The summed E-state index contributed by atoms with van der Waals surface area (Å²) in [5.74, 6) is 4.11. The van der Waals surface area contributed by atoms with Crippen LogP contribution in [0.3, 0.4) is 0 Å². The van der Waals surface area contributed by atoms with Gasteiger partial charge in [-0.15, -0.1) is 0 Å². The van der Waals surface area contributed by atoms with Crippen LogP contribution in [-0.2, 0) is 0 Å². The molecule has 8 nitrogen and oxygen atoms in total. The quantitative estimate of drug-likeness (QED) is 0.481. The number of para-hydroxylation sites is 1. The number of nitrogen functional groups attached to an aromatic ring is 1. The minimum absolute atomic E-state index is 0.0998. The van der Waals surface area contributed by atoms with Gasteiger partial charge in [0.25, 0.3) is 0 Å². The maximum atomic E-state index is 12.2. The van der Waals surface area contributed by atoms with Crippen molar-refractivity contribution in [1.29, 1.82) is 0 Å². The molecule has 0 spiro atoms. The van der Waals surface area contributed by atoms with Crippen LogP contribution in [0.4, 0.5) is 5.95 Å². The molecule has 0 amide bonds. The monoisotopic (exact) mass is 297 g/mol. The van der Waals surface area contributed by atoms with Gasteiger partial charge in [-0.05, 0) is 12.1 Å². The van der Waals surface area contributed by atoms with Crippen molar-refractivity contribution in [3.8, 4) is 5.69 Å². The van der Waals surface area contributed by atoms with E-state index in [1.54, 1.807) is 24.3 Å². The highest BCUT2D eigenvalue weighted by molar-refractivity contribution is 5.92. The van der Waals surface area contributed by atoms with Gasteiger partial charge in [0.05, 0.1) is 5.39 Å². The molecule has 4 N–H and O–H groups in total. The minimum Gasteiger partial charge on any atom is -0.477 e. The van der Waals surface area contributed by atoms with Gasteiger partial charge < -0.3 is 9.67 Å². The number of aromatic nitrogens is 3. The van der Waals surface area contributed by atoms with E-state index in [4.69, 9.17) is 5.84 Å². The largest absolute Gasteiger partial charge is 0.477 e. The van der Waals surface area contributed by atoms with Crippen molar-refractivity contribution in [3.63, 3.8) is 0 Å². The zero-order valence-electron chi connectivity index (χ0n) is 11.2. The van der Waals surface area contributed by atoms with E-state index in [1.165, 1.54) is 17.0 Å². The van der Waals surface area contributed by atoms with E-state index < -0.39 is 11.4 Å². The Kier molecular flexibility index (Phi) is 3.28. The van der Waals surface area contributed by atoms with Gasteiger partial charge in [0, 0.05) is 18.1 Å². The minimum atomic E-state index is -1.31. The topological polar surface area (TPSA) is 123 Å². The van der Waals surface area contributed by atoms with E-state index in [2.05, 4.69) is 15.4 Å². The number of aromatic carboxylic acids is 1. The molecule has 0 aliphatic carbocycles. The van der Waals surface area contributed by atoms with E-state index in [9.17, 15) is 14.7 Å². The highest BCUT2D eigenvalue weighted by Gasteiger charge is 2.17. The molecule has 0 bridgehead atoms. The second-order valence-corrected chi connectivity index (χ2v) is 4.46. The molecular weight excluding hydrogens is 286 g/mol. The summed E-state index contributed by atoms with van der Waals surface area (Å²) >= 11 is 0. The van der Waals surface area contributed by atoms with Crippen LogP contribution < -0.4 is 16.7 Å². The Bertz CT molecular complexity index is 921. The molecule has 22 heavy (non-hydrogen) atoms. The number of rotatable bonds is 3. The van der Waals surface area contributed by atoms with E-state index in [-0.39, 0.29) is 22.5 Å². The number of carboxylic acids is 1. The van der Waals surface area contributed by atoms with Crippen molar-refractivity contribution in [2.75, 3.05) is 5.43 Å². The molecule has 8 heteroatoms. The number of pyridine rings is 1. The second kappa shape index (κ2) is 5.26. The van der Waals surface area contributed by atoms with E-state index in [0.717, 1.165) is 0 Å². The number of fused-ring (bicyclic) bond motifs is 1.